The Labute approximate surface area is 376 Å². The molecular weight excluding hydrogens is 787 g/mol. The number of rotatable bonds is 7. The highest BCUT2D eigenvalue weighted by Crippen LogP contribution is 2.49. The fourth-order valence-corrected chi connectivity index (χ4v) is 10.6. The van der Waals surface area contributed by atoms with Gasteiger partial charge in [0.1, 0.15) is 0 Å². The van der Waals surface area contributed by atoms with Gasteiger partial charge < -0.3 is 14.0 Å². The van der Waals surface area contributed by atoms with Gasteiger partial charge in [-0.3, -0.25) is 0 Å². The lowest BCUT2D eigenvalue weighted by Gasteiger charge is -2.29. The van der Waals surface area contributed by atoms with Gasteiger partial charge in [0.05, 0.1) is 33.4 Å². The second kappa shape index (κ2) is 15.0. The van der Waals surface area contributed by atoms with Crippen LogP contribution in [0.25, 0.3) is 98.8 Å². The summed E-state index contributed by atoms with van der Waals surface area (Å²) in [4.78, 5) is 2.45. The van der Waals surface area contributed by atoms with Crippen LogP contribution in [0.5, 0.6) is 0 Å². The van der Waals surface area contributed by atoms with Crippen molar-refractivity contribution in [2.24, 2.45) is 0 Å². The molecule has 0 atom stereocenters. The molecule has 11 aromatic carbocycles. The van der Waals surface area contributed by atoms with Gasteiger partial charge in [-0.1, -0.05) is 182 Å². The maximum atomic E-state index is 2.51. The molecule has 0 amide bonds. The van der Waals surface area contributed by atoms with Crippen molar-refractivity contribution in [3.05, 3.63) is 249 Å². The van der Waals surface area contributed by atoms with Crippen LogP contribution in [-0.2, 0) is 0 Å². The molecule has 2 heterocycles. The van der Waals surface area contributed by atoms with Crippen LogP contribution < -0.4 is 4.90 Å². The predicted octanol–water partition coefficient (Wildman–Crippen LogP) is 17.0. The average molecular weight is 828 g/mol. The van der Waals surface area contributed by atoms with Gasteiger partial charge in [0.25, 0.3) is 0 Å². The molecule has 0 aliphatic carbocycles. The molecule has 0 spiro atoms. The van der Waals surface area contributed by atoms with Crippen molar-refractivity contribution in [3.63, 3.8) is 0 Å². The maximum Gasteiger partial charge on any atom is 0.0803 e. The second-order valence-corrected chi connectivity index (χ2v) is 16.8. The summed E-state index contributed by atoms with van der Waals surface area (Å²) in [5.74, 6) is 0. The summed E-state index contributed by atoms with van der Waals surface area (Å²) in [5.41, 5.74) is 15.1. The van der Waals surface area contributed by atoms with E-state index in [1.807, 2.05) is 0 Å². The van der Waals surface area contributed by atoms with Crippen LogP contribution in [0.4, 0.5) is 17.1 Å². The van der Waals surface area contributed by atoms with E-state index >= 15 is 0 Å². The molecule has 0 aliphatic heterocycles. The van der Waals surface area contributed by atoms with Gasteiger partial charge in [0.2, 0.25) is 0 Å². The largest absolute Gasteiger partial charge is 0.309 e. The number of benzene rings is 11. The first kappa shape index (κ1) is 36.9. The molecule has 304 valence electrons. The zero-order valence-electron chi connectivity index (χ0n) is 35.5. The van der Waals surface area contributed by atoms with Crippen LogP contribution in [0.1, 0.15) is 0 Å². The van der Waals surface area contributed by atoms with Crippen molar-refractivity contribution in [1.82, 2.24) is 9.13 Å². The normalized spacial score (nSPS) is 11.7. The summed E-state index contributed by atoms with van der Waals surface area (Å²) in [7, 11) is 0. The van der Waals surface area contributed by atoms with Crippen molar-refractivity contribution < 1.29 is 0 Å². The number of hydrogen-bond donors (Lipinski definition) is 0. The smallest absolute Gasteiger partial charge is 0.0803 e. The fourth-order valence-electron chi connectivity index (χ4n) is 10.6. The van der Waals surface area contributed by atoms with Gasteiger partial charge in [0.15, 0.2) is 0 Å². The zero-order valence-corrected chi connectivity index (χ0v) is 35.5. The standard InChI is InChI=1S/C62H41N3/c1-4-20-42(21-5-1)59-49-28-10-12-30-51(49)60(52-31-13-11-29-50(52)59)43-36-38-46(39-37-43)63(44-22-6-2-7-23-44)58-41-40-57-61(53-32-16-19-35-56(53)64(57)45-24-8-3-9-25-45)62(58)65-54-33-17-14-26-47(54)48-27-15-18-34-55(48)65/h1-41H. The van der Waals surface area contributed by atoms with Crippen LogP contribution >= 0.6 is 0 Å². The lowest BCUT2D eigenvalue weighted by Crippen LogP contribution is -2.13. The summed E-state index contributed by atoms with van der Waals surface area (Å²) >= 11 is 0. The first-order chi connectivity index (χ1) is 32.3. The quantitative estimate of drug-likeness (QED) is 0.146. The SMILES string of the molecule is c1ccc(-c2c3ccccc3c(-c3ccc(N(c4ccccc4)c4ccc5c(c4-n4c6ccccc6c6ccccc64)c4ccccc4n5-c4ccccc4)cc3)c3ccccc23)cc1. The Kier molecular flexibility index (Phi) is 8.53. The van der Waals surface area contributed by atoms with Crippen molar-refractivity contribution >= 4 is 82.2 Å². The molecule has 0 aliphatic rings. The fraction of sp³-hybridized carbons (Fsp3) is 0. The van der Waals surface area contributed by atoms with Crippen molar-refractivity contribution in [2.75, 3.05) is 4.90 Å². The Balaban J connectivity index is 1.10. The first-order valence-electron chi connectivity index (χ1n) is 22.4. The topological polar surface area (TPSA) is 13.1 Å². The van der Waals surface area contributed by atoms with E-state index in [9.17, 15) is 0 Å². The molecule has 65 heavy (non-hydrogen) atoms. The Hall–Kier alpha value is -8.66. The summed E-state index contributed by atoms with van der Waals surface area (Å²) in [6.07, 6.45) is 0. The third kappa shape index (κ3) is 5.76. The zero-order chi connectivity index (χ0) is 42.8. The van der Waals surface area contributed by atoms with Gasteiger partial charge in [-0.25, -0.2) is 0 Å². The Morgan fingerprint density at radius 1 is 0.262 bits per heavy atom. The third-order valence-electron chi connectivity index (χ3n) is 13.3. The van der Waals surface area contributed by atoms with Crippen molar-refractivity contribution in [3.8, 4) is 33.6 Å². The van der Waals surface area contributed by atoms with Crippen LogP contribution in [0.2, 0.25) is 0 Å². The summed E-state index contributed by atoms with van der Waals surface area (Å²) in [6.45, 7) is 0. The van der Waals surface area contributed by atoms with Gasteiger partial charge in [-0.2, -0.15) is 0 Å². The number of aromatic nitrogens is 2. The van der Waals surface area contributed by atoms with Crippen molar-refractivity contribution in [1.29, 1.82) is 0 Å². The lowest BCUT2D eigenvalue weighted by molar-refractivity contribution is 1.15. The highest BCUT2D eigenvalue weighted by molar-refractivity contribution is 6.22. The minimum atomic E-state index is 1.07. The van der Waals surface area contributed by atoms with E-state index < -0.39 is 0 Å². The monoisotopic (exact) mass is 827 g/mol. The Morgan fingerprint density at radius 2 is 0.662 bits per heavy atom. The molecule has 0 unspecified atom stereocenters. The molecule has 13 rings (SSSR count). The number of hydrogen-bond acceptors (Lipinski definition) is 1. The predicted molar refractivity (Wildman–Crippen MR) is 276 cm³/mol. The molecule has 0 bridgehead atoms. The Bertz CT molecular complexity index is 3810. The van der Waals surface area contributed by atoms with Gasteiger partial charge >= 0.3 is 0 Å². The van der Waals surface area contributed by atoms with Crippen molar-refractivity contribution in [2.45, 2.75) is 0 Å². The summed E-state index contributed by atoms with van der Waals surface area (Å²) in [6, 6.07) is 90.7. The number of fused-ring (bicyclic) bond motifs is 8. The highest BCUT2D eigenvalue weighted by Gasteiger charge is 2.26. The van der Waals surface area contributed by atoms with E-state index in [0.717, 1.165) is 34.0 Å². The number of para-hydroxylation sites is 5. The summed E-state index contributed by atoms with van der Waals surface area (Å²) < 4.78 is 4.94. The molecule has 2 aromatic heterocycles. The molecular formula is C62H41N3. The van der Waals surface area contributed by atoms with Gasteiger partial charge in [0, 0.05) is 38.6 Å². The molecule has 0 fully saturated rings. The number of nitrogens with zero attached hydrogens (tertiary/aromatic N) is 3. The molecule has 0 saturated carbocycles. The molecule has 13 aromatic rings. The van der Waals surface area contributed by atoms with Gasteiger partial charge in [-0.05, 0) is 111 Å². The first-order valence-corrected chi connectivity index (χ1v) is 22.4. The third-order valence-corrected chi connectivity index (χ3v) is 13.3. The van der Waals surface area contributed by atoms with E-state index in [4.69, 9.17) is 0 Å². The van der Waals surface area contributed by atoms with Gasteiger partial charge in [-0.15, -0.1) is 0 Å². The molecule has 0 N–H and O–H groups in total. The maximum absolute atomic E-state index is 2.51. The highest BCUT2D eigenvalue weighted by atomic mass is 15.2. The molecule has 0 radical (unpaired) electrons. The van der Waals surface area contributed by atoms with Crippen LogP contribution in [-0.4, -0.2) is 9.13 Å². The molecule has 3 nitrogen and oxygen atoms in total. The number of anilines is 3. The Morgan fingerprint density at radius 3 is 1.20 bits per heavy atom. The van der Waals surface area contributed by atoms with E-state index in [1.54, 1.807) is 0 Å². The van der Waals surface area contributed by atoms with E-state index in [0.29, 0.717) is 0 Å². The lowest BCUT2D eigenvalue weighted by atomic mass is 9.86. The van der Waals surface area contributed by atoms with E-state index in [1.165, 1.54) is 81.9 Å². The second-order valence-electron chi connectivity index (χ2n) is 16.8. The minimum Gasteiger partial charge on any atom is -0.309 e. The molecule has 3 heteroatoms. The average Bonchev–Trinajstić information content (AvgIpc) is 3.90. The summed E-state index contributed by atoms with van der Waals surface area (Å²) in [5, 5.41) is 9.84. The van der Waals surface area contributed by atoms with Crippen LogP contribution in [0, 0.1) is 0 Å². The van der Waals surface area contributed by atoms with E-state index in [2.05, 4.69) is 263 Å². The van der Waals surface area contributed by atoms with E-state index in [-0.39, 0.29) is 0 Å². The van der Waals surface area contributed by atoms with Crippen LogP contribution in [0.3, 0.4) is 0 Å². The van der Waals surface area contributed by atoms with Crippen LogP contribution in [0.15, 0.2) is 249 Å². The molecule has 0 saturated heterocycles. The minimum absolute atomic E-state index is 1.07.